The average molecular weight is 338 g/mol. The number of rotatable bonds is 3. The summed E-state index contributed by atoms with van der Waals surface area (Å²) >= 11 is 0. The fourth-order valence-corrected chi connectivity index (χ4v) is 2.07. The van der Waals surface area contributed by atoms with Crippen LogP contribution in [0.1, 0.15) is 26.3 Å². The molecule has 24 heavy (non-hydrogen) atoms. The van der Waals surface area contributed by atoms with E-state index in [1.807, 2.05) is 0 Å². The first-order valence-electron chi connectivity index (χ1n) is 6.69. The van der Waals surface area contributed by atoms with Gasteiger partial charge in [0.2, 0.25) is 0 Å². The van der Waals surface area contributed by atoms with Gasteiger partial charge in [-0.3, -0.25) is 4.79 Å². The van der Waals surface area contributed by atoms with Gasteiger partial charge in [-0.2, -0.15) is 13.2 Å². The molecule has 2 rings (SSSR count). The van der Waals surface area contributed by atoms with Crippen molar-refractivity contribution in [2.24, 2.45) is 0 Å². The summed E-state index contributed by atoms with van der Waals surface area (Å²) in [5, 5.41) is 2.28. The lowest BCUT2D eigenvalue weighted by Crippen LogP contribution is -2.20. The molecule has 0 saturated carbocycles. The number of anilines is 2. The van der Waals surface area contributed by atoms with E-state index in [2.05, 4.69) is 10.1 Å². The first kappa shape index (κ1) is 17.3. The Balaban J connectivity index is 2.42. The predicted octanol–water partition coefficient (Wildman–Crippen LogP) is 3.33. The SMILES string of the molecule is COC(=O)c1ccc(N)cc1NC(=O)c1ccccc1C(F)(F)F. The van der Waals surface area contributed by atoms with Crippen molar-refractivity contribution in [3.05, 3.63) is 59.2 Å². The number of amides is 1. The van der Waals surface area contributed by atoms with E-state index in [1.165, 1.54) is 30.3 Å². The van der Waals surface area contributed by atoms with Crippen molar-refractivity contribution in [1.29, 1.82) is 0 Å². The van der Waals surface area contributed by atoms with E-state index >= 15 is 0 Å². The molecule has 0 aliphatic rings. The molecule has 0 aliphatic heterocycles. The van der Waals surface area contributed by atoms with E-state index in [-0.39, 0.29) is 16.9 Å². The number of carbonyl (C=O) groups excluding carboxylic acids is 2. The molecule has 2 aromatic rings. The first-order valence-corrected chi connectivity index (χ1v) is 6.69. The Bertz CT molecular complexity index is 788. The zero-order valence-corrected chi connectivity index (χ0v) is 12.5. The van der Waals surface area contributed by atoms with E-state index in [4.69, 9.17) is 5.73 Å². The number of methoxy groups -OCH3 is 1. The summed E-state index contributed by atoms with van der Waals surface area (Å²) < 4.78 is 43.6. The third-order valence-corrected chi connectivity index (χ3v) is 3.17. The minimum atomic E-state index is -4.69. The Morgan fingerprint density at radius 2 is 1.75 bits per heavy atom. The molecule has 0 aliphatic carbocycles. The molecule has 3 N–H and O–H groups in total. The molecule has 0 unspecified atom stereocenters. The molecule has 8 heteroatoms. The lowest BCUT2D eigenvalue weighted by atomic mass is 10.1. The third kappa shape index (κ3) is 3.65. The molecule has 1 amide bonds. The maximum absolute atomic E-state index is 13.0. The Morgan fingerprint density at radius 1 is 1.08 bits per heavy atom. The molecule has 0 atom stereocenters. The average Bonchev–Trinajstić information content (AvgIpc) is 2.53. The van der Waals surface area contributed by atoms with Crippen molar-refractivity contribution in [2.75, 3.05) is 18.2 Å². The quantitative estimate of drug-likeness (QED) is 0.664. The third-order valence-electron chi connectivity index (χ3n) is 3.17. The minimum absolute atomic E-state index is 0.0236. The van der Waals surface area contributed by atoms with E-state index in [0.717, 1.165) is 19.2 Å². The molecule has 0 saturated heterocycles. The van der Waals surface area contributed by atoms with E-state index in [0.29, 0.717) is 0 Å². The highest BCUT2D eigenvalue weighted by Gasteiger charge is 2.35. The number of nitrogen functional groups attached to an aromatic ring is 1. The van der Waals surface area contributed by atoms with Gasteiger partial charge in [-0.1, -0.05) is 12.1 Å². The smallest absolute Gasteiger partial charge is 0.417 e. The second kappa shape index (κ2) is 6.61. The number of nitrogens with two attached hydrogens (primary N) is 1. The Morgan fingerprint density at radius 3 is 2.38 bits per heavy atom. The number of halogens is 3. The number of esters is 1. The molecule has 5 nitrogen and oxygen atoms in total. The van der Waals surface area contributed by atoms with Crippen molar-refractivity contribution >= 4 is 23.3 Å². The largest absolute Gasteiger partial charge is 0.465 e. The molecule has 0 bridgehead atoms. The fraction of sp³-hybridized carbons (Fsp3) is 0.125. The van der Waals surface area contributed by atoms with Crippen LogP contribution in [0.3, 0.4) is 0 Å². The Labute approximate surface area is 135 Å². The normalized spacial score (nSPS) is 11.0. The highest BCUT2D eigenvalue weighted by molar-refractivity contribution is 6.09. The molecule has 0 aromatic heterocycles. The van der Waals surface area contributed by atoms with Crippen LogP contribution >= 0.6 is 0 Å². The summed E-state index contributed by atoms with van der Waals surface area (Å²) in [7, 11) is 1.14. The molecule has 0 radical (unpaired) electrons. The zero-order chi connectivity index (χ0) is 17.9. The minimum Gasteiger partial charge on any atom is -0.465 e. The van der Waals surface area contributed by atoms with Crippen LogP contribution < -0.4 is 11.1 Å². The van der Waals surface area contributed by atoms with Crippen molar-refractivity contribution in [2.45, 2.75) is 6.18 Å². The van der Waals surface area contributed by atoms with Crippen LogP contribution in [0.2, 0.25) is 0 Å². The van der Waals surface area contributed by atoms with Gasteiger partial charge in [0.15, 0.2) is 0 Å². The van der Waals surface area contributed by atoms with Gasteiger partial charge in [0, 0.05) is 5.69 Å². The summed E-state index contributed by atoms with van der Waals surface area (Å²) in [5.41, 5.74) is 4.12. The van der Waals surface area contributed by atoms with Crippen LogP contribution in [0, 0.1) is 0 Å². The van der Waals surface area contributed by atoms with Crippen molar-refractivity contribution in [1.82, 2.24) is 0 Å². The number of hydrogen-bond acceptors (Lipinski definition) is 4. The standard InChI is InChI=1S/C16H13F3N2O3/c1-24-15(23)11-7-6-9(20)8-13(11)21-14(22)10-4-2-3-5-12(10)16(17,18)19/h2-8H,20H2,1H3,(H,21,22). The number of nitrogens with one attached hydrogen (secondary N) is 1. The van der Waals surface area contributed by atoms with Crippen LogP contribution in [0.5, 0.6) is 0 Å². The van der Waals surface area contributed by atoms with Gasteiger partial charge in [-0.05, 0) is 30.3 Å². The maximum atomic E-state index is 13.0. The number of ether oxygens (including phenoxy) is 1. The summed E-state index contributed by atoms with van der Waals surface area (Å²) in [6.45, 7) is 0. The van der Waals surface area contributed by atoms with Crippen LogP contribution in [-0.4, -0.2) is 19.0 Å². The topological polar surface area (TPSA) is 81.4 Å². The van der Waals surface area contributed by atoms with Gasteiger partial charge >= 0.3 is 12.1 Å². The summed E-state index contributed by atoms with van der Waals surface area (Å²) in [5.74, 6) is -1.77. The molecule has 2 aromatic carbocycles. The summed E-state index contributed by atoms with van der Waals surface area (Å²) in [4.78, 5) is 23.9. The first-order chi connectivity index (χ1) is 11.2. The van der Waals surface area contributed by atoms with E-state index in [1.54, 1.807) is 0 Å². The molecular weight excluding hydrogens is 325 g/mol. The zero-order valence-electron chi connectivity index (χ0n) is 12.5. The van der Waals surface area contributed by atoms with Crippen molar-refractivity contribution < 1.29 is 27.5 Å². The lowest BCUT2D eigenvalue weighted by molar-refractivity contribution is -0.137. The van der Waals surface area contributed by atoms with Gasteiger partial charge in [0.25, 0.3) is 5.91 Å². The highest BCUT2D eigenvalue weighted by Crippen LogP contribution is 2.32. The van der Waals surface area contributed by atoms with Gasteiger partial charge in [0.1, 0.15) is 0 Å². The number of hydrogen-bond donors (Lipinski definition) is 2. The van der Waals surface area contributed by atoms with Crippen LogP contribution in [0.25, 0.3) is 0 Å². The number of carbonyl (C=O) groups is 2. The lowest BCUT2D eigenvalue weighted by Gasteiger charge is -2.14. The van der Waals surface area contributed by atoms with E-state index < -0.39 is 29.2 Å². The molecule has 0 fully saturated rings. The monoisotopic (exact) mass is 338 g/mol. The molecule has 0 heterocycles. The van der Waals surface area contributed by atoms with Crippen LogP contribution in [-0.2, 0) is 10.9 Å². The second-order valence-electron chi connectivity index (χ2n) is 4.79. The maximum Gasteiger partial charge on any atom is 0.417 e. The molecule has 0 spiro atoms. The summed E-state index contributed by atoms with van der Waals surface area (Å²) in [6, 6.07) is 8.32. The fourth-order valence-electron chi connectivity index (χ4n) is 2.07. The van der Waals surface area contributed by atoms with Crippen LogP contribution in [0.4, 0.5) is 24.5 Å². The van der Waals surface area contributed by atoms with Crippen LogP contribution in [0.15, 0.2) is 42.5 Å². The number of benzene rings is 2. The molecular formula is C16H13F3N2O3. The second-order valence-corrected chi connectivity index (χ2v) is 4.79. The van der Waals surface area contributed by atoms with Gasteiger partial charge < -0.3 is 15.8 Å². The highest BCUT2D eigenvalue weighted by atomic mass is 19.4. The van der Waals surface area contributed by atoms with Gasteiger partial charge in [0.05, 0.1) is 29.5 Å². The Kier molecular flexibility index (Phi) is 4.77. The van der Waals surface area contributed by atoms with Gasteiger partial charge in [-0.25, -0.2) is 4.79 Å². The molecule has 126 valence electrons. The summed E-state index contributed by atoms with van der Waals surface area (Å²) in [6.07, 6.45) is -4.69. The Hall–Kier alpha value is -3.03. The van der Waals surface area contributed by atoms with Crippen molar-refractivity contribution in [3.8, 4) is 0 Å². The predicted molar refractivity (Wildman–Crippen MR) is 81.6 cm³/mol. The van der Waals surface area contributed by atoms with Crippen molar-refractivity contribution in [3.63, 3.8) is 0 Å². The number of alkyl halides is 3. The van der Waals surface area contributed by atoms with Gasteiger partial charge in [-0.15, -0.1) is 0 Å². The van der Waals surface area contributed by atoms with E-state index in [9.17, 15) is 22.8 Å².